The summed E-state index contributed by atoms with van der Waals surface area (Å²) in [5.41, 5.74) is 1.12. The maximum atomic E-state index is 8.93. The van der Waals surface area contributed by atoms with E-state index in [0.717, 1.165) is 0 Å². The summed E-state index contributed by atoms with van der Waals surface area (Å²) >= 11 is 5.98. The Labute approximate surface area is 93.7 Å². The quantitative estimate of drug-likeness (QED) is 0.789. The highest BCUT2D eigenvalue weighted by molar-refractivity contribution is 6.30. The van der Waals surface area contributed by atoms with Crippen molar-refractivity contribution in [3.05, 3.63) is 16.4 Å². The summed E-state index contributed by atoms with van der Waals surface area (Å²) in [7, 11) is 0. The average Bonchev–Trinajstić information content (AvgIpc) is 2.52. The molecule has 1 aromatic rings. The molecule has 0 aromatic carbocycles. The van der Waals surface area contributed by atoms with Crippen LogP contribution in [0.1, 0.15) is 37.4 Å². The molecule has 0 aliphatic rings. The van der Waals surface area contributed by atoms with Crippen molar-refractivity contribution >= 4 is 11.6 Å². The van der Waals surface area contributed by atoms with Gasteiger partial charge in [0.25, 0.3) is 0 Å². The Hall–Kier alpha value is -1.52. The molecule has 4 nitrogen and oxygen atoms in total. The van der Waals surface area contributed by atoms with E-state index in [4.69, 9.17) is 22.1 Å². The van der Waals surface area contributed by atoms with E-state index in [1.54, 1.807) is 0 Å². The summed E-state index contributed by atoms with van der Waals surface area (Å²) in [4.78, 5) is 0. The van der Waals surface area contributed by atoms with Gasteiger partial charge >= 0.3 is 0 Å². The Morgan fingerprint density at radius 2 is 2.13 bits per heavy atom. The molecule has 1 aromatic heterocycles. The van der Waals surface area contributed by atoms with Crippen molar-refractivity contribution in [3.8, 4) is 12.1 Å². The predicted octanol–water partition coefficient (Wildman–Crippen LogP) is 2.45. The summed E-state index contributed by atoms with van der Waals surface area (Å²) < 4.78 is 1.51. The number of nitriles is 2. The van der Waals surface area contributed by atoms with Crippen LogP contribution in [0.3, 0.4) is 0 Å². The molecule has 0 aliphatic carbocycles. The fraction of sp³-hybridized carbons (Fsp3) is 0.500. The minimum atomic E-state index is 0.153. The molecule has 0 saturated carbocycles. The first-order valence-corrected chi connectivity index (χ1v) is 5.02. The minimum Gasteiger partial charge on any atom is -0.251 e. The van der Waals surface area contributed by atoms with E-state index < -0.39 is 0 Å². The first-order chi connectivity index (χ1) is 7.11. The van der Waals surface area contributed by atoms with Crippen LogP contribution in [0.15, 0.2) is 0 Å². The van der Waals surface area contributed by atoms with Gasteiger partial charge in [0.05, 0.1) is 24.7 Å². The maximum absolute atomic E-state index is 8.93. The van der Waals surface area contributed by atoms with Gasteiger partial charge in [-0.05, 0) is 5.92 Å². The zero-order chi connectivity index (χ0) is 11.4. The van der Waals surface area contributed by atoms with Crippen molar-refractivity contribution in [3.63, 3.8) is 0 Å². The number of rotatable bonds is 3. The van der Waals surface area contributed by atoms with E-state index in [1.165, 1.54) is 4.68 Å². The summed E-state index contributed by atoms with van der Waals surface area (Å²) in [6, 6.07) is 4.06. The van der Waals surface area contributed by atoms with E-state index in [-0.39, 0.29) is 5.92 Å². The highest BCUT2D eigenvalue weighted by atomic mass is 35.5. The zero-order valence-electron chi connectivity index (χ0n) is 8.66. The molecule has 15 heavy (non-hydrogen) atoms. The van der Waals surface area contributed by atoms with Crippen molar-refractivity contribution in [1.29, 1.82) is 10.5 Å². The fourth-order valence-corrected chi connectivity index (χ4v) is 1.53. The molecule has 0 unspecified atom stereocenters. The van der Waals surface area contributed by atoms with Crippen LogP contribution in [0.2, 0.25) is 5.15 Å². The van der Waals surface area contributed by atoms with Gasteiger partial charge in [0.2, 0.25) is 0 Å². The molecular formula is C10H11ClN4. The molecule has 0 spiro atoms. The second kappa shape index (κ2) is 4.82. The summed E-state index contributed by atoms with van der Waals surface area (Å²) in [6.45, 7) is 4.33. The van der Waals surface area contributed by atoms with Gasteiger partial charge in [-0.3, -0.25) is 4.68 Å². The molecule has 0 aliphatic heterocycles. The lowest BCUT2D eigenvalue weighted by molar-refractivity contribution is 0.610. The topological polar surface area (TPSA) is 65.4 Å². The fourth-order valence-electron chi connectivity index (χ4n) is 1.27. The SMILES string of the molecule is CC(C)c1nn(CCC#N)c(Cl)c1C#N. The lowest BCUT2D eigenvalue weighted by Crippen LogP contribution is -2.00. The van der Waals surface area contributed by atoms with E-state index in [0.29, 0.717) is 29.4 Å². The van der Waals surface area contributed by atoms with Crippen molar-refractivity contribution in [2.75, 3.05) is 0 Å². The highest BCUT2D eigenvalue weighted by Gasteiger charge is 2.17. The summed E-state index contributed by atoms with van der Waals surface area (Å²) in [5, 5.41) is 22.0. The van der Waals surface area contributed by atoms with Gasteiger partial charge in [0.1, 0.15) is 16.8 Å². The largest absolute Gasteiger partial charge is 0.251 e. The van der Waals surface area contributed by atoms with E-state index in [2.05, 4.69) is 5.10 Å². The van der Waals surface area contributed by atoms with Crippen molar-refractivity contribution in [2.45, 2.75) is 32.7 Å². The Balaban J connectivity index is 3.12. The van der Waals surface area contributed by atoms with E-state index in [1.807, 2.05) is 26.0 Å². The Morgan fingerprint density at radius 3 is 2.53 bits per heavy atom. The smallest absolute Gasteiger partial charge is 0.145 e. The molecule has 0 radical (unpaired) electrons. The number of hydrogen-bond donors (Lipinski definition) is 0. The van der Waals surface area contributed by atoms with Gasteiger partial charge in [-0.1, -0.05) is 25.4 Å². The van der Waals surface area contributed by atoms with E-state index >= 15 is 0 Å². The summed E-state index contributed by atoms with van der Waals surface area (Å²) in [6.07, 6.45) is 0.337. The Bertz CT molecular complexity index is 434. The third-order valence-electron chi connectivity index (χ3n) is 2.01. The van der Waals surface area contributed by atoms with Crippen LogP contribution >= 0.6 is 11.6 Å². The van der Waals surface area contributed by atoms with Gasteiger partial charge in [0, 0.05) is 0 Å². The van der Waals surface area contributed by atoms with Gasteiger partial charge in [0.15, 0.2) is 0 Å². The van der Waals surface area contributed by atoms with Crippen molar-refractivity contribution < 1.29 is 0 Å². The molecule has 1 heterocycles. The molecule has 0 atom stereocenters. The molecule has 0 fully saturated rings. The molecule has 0 amide bonds. The van der Waals surface area contributed by atoms with Gasteiger partial charge < -0.3 is 0 Å². The molecular weight excluding hydrogens is 212 g/mol. The molecule has 0 bridgehead atoms. The van der Waals surface area contributed by atoms with E-state index in [9.17, 15) is 0 Å². The van der Waals surface area contributed by atoms with Gasteiger partial charge in [-0.15, -0.1) is 0 Å². The number of aromatic nitrogens is 2. The van der Waals surface area contributed by atoms with Crippen LogP contribution in [0.5, 0.6) is 0 Å². The number of hydrogen-bond acceptors (Lipinski definition) is 3. The van der Waals surface area contributed by atoms with Gasteiger partial charge in [-0.25, -0.2) is 0 Å². The third kappa shape index (κ3) is 2.29. The van der Waals surface area contributed by atoms with Crippen LogP contribution in [0.25, 0.3) is 0 Å². The van der Waals surface area contributed by atoms with Crippen LogP contribution in [-0.2, 0) is 6.54 Å². The molecule has 0 N–H and O–H groups in total. The molecule has 1 rings (SSSR count). The number of halogens is 1. The number of aryl methyl sites for hydroxylation is 1. The first kappa shape index (κ1) is 11.6. The van der Waals surface area contributed by atoms with Crippen LogP contribution in [-0.4, -0.2) is 9.78 Å². The monoisotopic (exact) mass is 222 g/mol. The standard InChI is InChI=1S/C10H11ClN4/c1-7(2)9-8(6-13)10(11)15(14-9)5-3-4-12/h7H,3,5H2,1-2H3. The Morgan fingerprint density at radius 1 is 1.47 bits per heavy atom. The summed E-state index contributed by atoms with van der Waals surface area (Å²) in [5.74, 6) is 0.153. The van der Waals surface area contributed by atoms with Crippen LogP contribution in [0, 0.1) is 22.7 Å². The molecule has 78 valence electrons. The first-order valence-electron chi connectivity index (χ1n) is 4.65. The average molecular weight is 223 g/mol. The Kier molecular flexibility index (Phi) is 3.71. The maximum Gasteiger partial charge on any atom is 0.145 e. The lowest BCUT2D eigenvalue weighted by Gasteiger charge is -1.99. The third-order valence-corrected chi connectivity index (χ3v) is 2.40. The lowest BCUT2D eigenvalue weighted by atomic mass is 10.1. The molecule has 0 saturated heterocycles. The van der Waals surface area contributed by atoms with Crippen LogP contribution < -0.4 is 0 Å². The highest BCUT2D eigenvalue weighted by Crippen LogP contribution is 2.24. The predicted molar refractivity (Wildman–Crippen MR) is 56.3 cm³/mol. The van der Waals surface area contributed by atoms with Crippen LogP contribution in [0.4, 0.5) is 0 Å². The number of nitrogens with zero attached hydrogens (tertiary/aromatic N) is 4. The van der Waals surface area contributed by atoms with Crippen molar-refractivity contribution in [2.24, 2.45) is 0 Å². The second-order valence-electron chi connectivity index (χ2n) is 3.45. The second-order valence-corrected chi connectivity index (χ2v) is 3.81. The zero-order valence-corrected chi connectivity index (χ0v) is 9.41. The normalized spacial score (nSPS) is 10.0. The minimum absolute atomic E-state index is 0.153. The van der Waals surface area contributed by atoms with Gasteiger partial charge in [-0.2, -0.15) is 15.6 Å². The van der Waals surface area contributed by atoms with Crippen molar-refractivity contribution in [1.82, 2.24) is 9.78 Å². The molecule has 5 heteroatoms.